The maximum atomic E-state index is 12.9. The second kappa shape index (κ2) is 8.48. The third-order valence-corrected chi connectivity index (χ3v) is 6.54. The van der Waals surface area contributed by atoms with E-state index in [1.54, 1.807) is 23.1 Å². The Morgan fingerprint density at radius 2 is 1.52 bits per heavy atom. The van der Waals surface area contributed by atoms with Crippen molar-refractivity contribution in [1.29, 1.82) is 0 Å². The minimum Gasteiger partial charge on any atom is -0.378 e. The van der Waals surface area contributed by atoms with Gasteiger partial charge in [-0.05, 0) is 36.4 Å². The number of benzene rings is 2. The Bertz CT molecular complexity index is 1110. The SMILES string of the molecule is O=C(c1ccccc1NS(=O)(=O)c1ccc(N2C(=O)CCC2=O)cc1)N1CCOCC1. The van der Waals surface area contributed by atoms with Crippen LogP contribution in [0.1, 0.15) is 23.2 Å². The summed E-state index contributed by atoms with van der Waals surface area (Å²) in [6.45, 7) is 1.76. The number of imide groups is 1. The number of rotatable bonds is 5. The Kier molecular flexibility index (Phi) is 5.75. The van der Waals surface area contributed by atoms with Crippen LogP contribution in [-0.4, -0.2) is 57.3 Å². The molecule has 0 aromatic heterocycles. The summed E-state index contributed by atoms with van der Waals surface area (Å²) in [6.07, 6.45) is 0.294. The molecular formula is C21H21N3O6S. The molecule has 2 aliphatic heterocycles. The van der Waals surface area contributed by atoms with Gasteiger partial charge in [0, 0.05) is 25.9 Å². The van der Waals surface area contributed by atoms with Crippen molar-refractivity contribution in [2.24, 2.45) is 0 Å². The maximum Gasteiger partial charge on any atom is 0.261 e. The number of carbonyl (C=O) groups is 3. The highest BCUT2D eigenvalue weighted by Gasteiger charge is 2.30. The monoisotopic (exact) mass is 443 g/mol. The van der Waals surface area contributed by atoms with Crippen LogP contribution in [0, 0.1) is 0 Å². The summed E-state index contributed by atoms with van der Waals surface area (Å²) in [5.74, 6) is -0.897. The van der Waals surface area contributed by atoms with Gasteiger partial charge in [0.2, 0.25) is 11.8 Å². The number of amides is 3. The predicted octanol–water partition coefficient (Wildman–Crippen LogP) is 1.61. The molecule has 2 aromatic rings. The smallest absolute Gasteiger partial charge is 0.261 e. The second-order valence-electron chi connectivity index (χ2n) is 7.17. The summed E-state index contributed by atoms with van der Waals surface area (Å²) in [7, 11) is -4.00. The Balaban J connectivity index is 1.56. The average molecular weight is 443 g/mol. The summed E-state index contributed by atoms with van der Waals surface area (Å²) in [5, 5.41) is 0. The van der Waals surface area contributed by atoms with Gasteiger partial charge in [0.15, 0.2) is 0 Å². The summed E-state index contributed by atoms with van der Waals surface area (Å²) in [6, 6.07) is 11.9. The molecule has 2 saturated heterocycles. The number of morpholine rings is 1. The third kappa shape index (κ3) is 4.30. The largest absolute Gasteiger partial charge is 0.378 e. The highest BCUT2D eigenvalue weighted by Crippen LogP contribution is 2.26. The van der Waals surface area contributed by atoms with Crippen molar-refractivity contribution in [1.82, 2.24) is 4.90 Å². The number of sulfonamides is 1. The van der Waals surface area contributed by atoms with Crippen molar-refractivity contribution in [2.45, 2.75) is 17.7 Å². The normalized spacial score (nSPS) is 17.2. The molecule has 9 nitrogen and oxygen atoms in total. The molecule has 2 heterocycles. The molecule has 4 rings (SSSR count). The first-order chi connectivity index (χ1) is 14.9. The van der Waals surface area contributed by atoms with Crippen molar-refractivity contribution >= 4 is 39.1 Å². The summed E-state index contributed by atoms with van der Waals surface area (Å²) in [5.41, 5.74) is 0.750. The zero-order valence-electron chi connectivity index (χ0n) is 16.6. The first-order valence-electron chi connectivity index (χ1n) is 9.81. The van der Waals surface area contributed by atoms with E-state index in [0.29, 0.717) is 32.0 Å². The molecular weight excluding hydrogens is 422 g/mol. The highest BCUT2D eigenvalue weighted by atomic mass is 32.2. The van der Waals surface area contributed by atoms with Gasteiger partial charge in [0.05, 0.1) is 35.0 Å². The molecule has 2 aromatic carbocycles. The van der Waals surface area contributed by atoms with E-state index in [9.17, 15) is 22.8 Å². The Hall–Kier alpha value is -3.24. The lowest BCUT2D eigenvalue weighted by Gasteiger charge is -2.27. The van der Waals surface area contributed by atoms with E-state index in [1.807, 2.05) is 0 Å². The van der Waals surface area contributed by atoms with E-state index in [1.165, 1.54) is 30.3 Å². The molecule has 0 atom stereocenters. The average Bonchev–Trinajstić information content (AvgIpc) is 3.12. The van der Waals surface area contributed by atoms with Crippen LogP contribution in [0.4, 0.5) is 11.4 Å². The number of hydrogen-bond acceptors (Lipinski definition) is 6. The molecule has 0 bridgehead atoms. The second-order valence-corrected chi connectivity index (χ2v) is 8.85. The van der Waals surface area contributed by atoms with Gasteiger partial charge in [-0.1, -0.05) is 12.1 Å². The highest BCUT2D eigenvalue weighted by molar-refractivity contribution is 7.92. The van der Waals surface area contributed by atoms with Crippen molar-refractivity contribution in [3.63, 3.8) is 0 Å². The van der Waals surface area contributed by atoms with E-state index in [2.05, 4.69) is 4.72 Å². The van der Waals surface area contributed by atoms with Gasteiger partial charge in [-0.15, -0.1) is 0 Å². The molecule has 3 amide bonds. The van der Waals surface area contributed by atoms with E-state index < -0.39 is 10.0 Å². The van der Waals surface area contributed by atoms with Crippen LogP contribution in [0.15, 0.2) is 53.4 Å². The van der Waals surface area contributed by atoms with Gasteiger partial charge in [-0.3, -0.25) is 24.0 Å². The maximum absolute atomic E-state index is 12.9. The van der Waals surface area contributed by atoms with Crippen molar-refractivity contribution in [3.05, 3.63) is 54.1 Å². The summed E-state index contributed by atoms with van der Waals surface area (Å²) < 4.78 is 33.6. The van der Waals surface area contributed by atoms with Crippen LogP contribution in [0.3, 0.4) is 0 Å². The quantitative estimate of drug-likeness (QED) is 0.703. The Labute approximate surface area is 179 Å². The van der Waals surface area contributed by atoms with E-state index in [0.717, 1.165) is 4.90 Å². The molecule has 2 aliphatic rings. The van der Waals surface area contributed by atoms with Crippen LogP contribution in [-0.2, 0) is 24.3 Å². The molecule has 31 heavy (non-hydrogen) atoms. The van der Waals surface area contributed by atoms with Crippen LogP contribution in [0.2, 0.25) is 0 Å². The number of carbonyl (C=O) groups excluding carboxylic acids is 3. The van der Waals surface area contributed by atoms with E-state index in [4.69, 9.17) is 4.74 Å². The third-order valence-electron chi connectivity index (χ3n) is 5.16. The van der Waals surface area contributed by atoms with Gasteiger partial charge in [0.25, 0.3) is 15.9 Å². The standard InChI is InChI=1S/C21H21N3O6S/c25-19-9-10-20(26)24(19)15-5-7-16(8-6-15)31(28,29)22-18-4-2-1-3-17(18)21(27)23-11-13-30-14-12-23/h1-8,22H,9-14H2. The number of para-hydroxylation sites is 1. The topological polar surface area (TPSA) is 113 Å². The van der Waals surface area contributed by atoms with Crippen LogP contribution in [0.5, 0.6) is 0 Å². The lowest BCUT2D eigenvalue weighted by atomic mass is 10.1. The zero-order chi connectivity index (χ0) is 22.0. The minimum atomic E-state index is -4.00. The number of hydrogen-bond donors (Lipinski definition) is 1. The van der Waals surface area contributed by atoms with Crippen LogP contribution < -0.4 is 9.62 Å². The number of anilines is 2. The fraction of sp³-hybridized carbons (Fsp3) is 0.286. The van der Waals surface area contributed by atoms with Crippen LogP contribution >= 0.6 is 0 Å². The molecule has 2 fully saturated rings. The zero-order valence-corrected chi connectivity index (χ0v) is 17.4. The van der Waals surface area contributed by atoms with Crippen LogP contribution in [0.25, 0.3) is 0 Å². The molecule has 0 aliphatic carbocycles. The van der Waals surface area contributed by atoms with Gasteiger partial charge in [0.1, 0.15) is 0 Å². The predicted molar refractivity (Wildman–Crippen MR) is 112 cm³/mol. The number of nitrogens with zero attached hydrogens (tertiary/aromatic N) is 2. The fourth-order valence-electron chi connectivity index (χ4n) is 3.54. The fourth-order valence-corrected chi connectivity index (χ4v) is 4.62. The van der Waals surface area contributed by atoms with Gasteiger partial charge in [-0.2, -0.15) is 0 Å². The Morgan fingerprint density at radius 1 is 0.903 bits per heavy atom. The number of nitrogens with one attached hydrogen (secondary N) is 1. The first kappa shape index (κ1) is 21.0. The van der Waals surface area contributed by atoms with Gasteiger partial charge < -0.3 is 9.64 Å². The molecule has 0 radical (unpaired) electrons. The minimum absolute atomic E-state index is 0.0519. The van der Waals surface area contributed by atoms with Gasteiger partial charge in [-0.25, -0.2) is 8.42 Å². The van der Waals surface area contributed by atoms with E-state index in [-0.39, 0.29) is 46.7 Å². The molecule has 1 N–H and O–H groups in total. The molecule has 0 unspecified atom stereocenters. The lowest BCUT2D eigenvalue weighted by Crippen LogP contribution is -2.41. The molecule has 0 spiro atoms. The summed E-state index contributed by atoms with van der Waals surface area (Å²) >= 11 is 0. The lowest BCUT2D eigenvalue weighted by molar-refractivity contribution is -0.121. The van der Waals surface area contributed by atoms with Crippen molar-refractivity contribution in [3.8, 4) is 0 Å². The summed E-state index contributed by atoms with van der Waals surface area (Å²) in [4.78, 5) is 39.2. The van der Waals surface area contributed by atoms with Crippen molar-refractivity contribution < 1.29 is 27.5 Å². The molecule has 162 valence electrons. The molecule has 0 saturated carbocycles. The first-order valence-corrected chi connectivity index (χ1v) is 11.3. The Morgan fingerprint density at radius 3 is 2.16 bits per heavy atom. The van der Waals surface area contributed by atoms with Gasteiger partial charge >= 0.3 is 0 Å². The van der Waals surface area contributed by atoms with Crippen molar-refractivity contribution in [2.75, 3.05) is 35.9 Å². The number of ether oxygens (including phenoxy) is 1. The van der Waals surface area contributed by atoms with E-state index >= 15 is 0 Å². The molecule has 10 heteroatoms.